The Kier molecular flexibility index (Phi) is 3.26. The summed E-state index contributed by atoms with van der Waals surface area (Å²) in [6, 6.07) is 16.6. The number of anilines is 1. The maximum absolute atomic E-state index is 6.26. The Labute approximate surface area is 125 Å². The second kappa shape index (κ2) is 5.09. The van der Waals surface area contributed by atoms with E-state index in [-0.39, 0.29) is 0 Å². The number of rotatable bonds is 2. The zero-order valence-corrected chi connectivity index (χ0v) is 12.6. The lowest BCUT2D eigenvalue weighted by Crippen LogP contribution is -1.98. The van der Waals surface area contributed by atoms with Crippen LogP contribution in [0.15, 0.2) is 48.5 Å². The van der Waals surface area contributed by atoms with E-state index in [4.69, 9.17) is 5.73 Å². The van der Waals surface area contributed by atoms with E-state index in [1.807, 2.05) is 25.2 Å². The second-order valence-electron chi connectivity index (χ2n) is 5.40. The Morgan fingerprint density at radius 3 is 2.29 bits per heavy atom. The van der Waals surface area contributed by atoms with E-state index in [2.05, 4.69) is 49.3 Å². The van der Waals surface area contributed by atoms with Crippen LogP contribution in [0, 0.1) is 13.8 Å². The minimum absolute atomic E-state index is 0.692. The molecule has 0 atom stereocenters. The van der Waals surface area contributed by atoms with Crippen LogP contribution in [-0.4, -0.2) is 9.78 Å². The highest BCUT2D eigenvalue weighted by molar-refractivity contribution is 5.88. The number of hydrogen-bond acceptors (Lipinski definition) is 2. The Morgan fingerprint density at radius 1 is 0.905 bits per heavy atom. The van der Waals surface area contributed by atoms with Crippen LogP contribution in [-0.2, 0) is 7.05 Å². The Hall–Kier alpha value is -2.55. The highest BCUT2D eigenvalue weighted by Crippen LogP contribution is 2.36. The van der Waals surface area contributed by atoms with Crippen LogP contribution < -0.4 is 5.73 Å². The molecule has 1 heterocycles. The van der Waals surface area contributed by atoms with Crippen LogP contribution >= 0.6 is 0 Å². The minimum Gasteiger partial charge on any atom is -0.383 e. The lowest BCUT2D eigenvalue weighted by Gasteiger charge is -2.07. The molecule has 1 aromatic heterocycles. The average molecular weight is 277 g/mol. The summed E-state index contributed by atoms with van der Waals surface area (Å²) in [5, 5.41) is 4.60. The van der Waals surface area contributed by atoms with Gasteiger partial charge in [0.25, 0.3) is 0 Å². The third-order valence-electron chi connectivity index (χ3n) is 3.93. The molecule has 3 rings (SSSR count). The van der Waals surface area contributed by atoms with Crippen molar-refractivity contribution in [2.24, 2.45) is 7.05 Å². The Balaban J connectivity index is 2.24. The molecule has 2 aromatic carbocycles. The van der Waals surface area contributed by atoms with E-state index in [0.717, 1.165) is 22.4 Å². The van der Waals surface area contributed by atoms with E-state index in [9.17, 15) is 0 Å². The molecule has 3 nitrogen and oxygen atoms in total. The zero-order chi connectivity index (χ0) is 15.0. The molecule has 0 bridgehead atoms. The summed E-state index contributed by atoms with van der Waals surface area (Å²) in [5.41, 5.74) is 12.9. The summed E-state index contributed by atoms with van der Waals surface area (Å²) in [4.78, 5) is 0. The van der Waals surface area contributed by atoms with Gasteiger partial charge in [0.1, 0.15) is 11.5 Å². The summed E-state index contributed by atoms with van der Waals surface area (Å²) in [7, 11) is 1.88. The fraction of sp³-hybridized carbons (Fsp3) is 0.167. The average Bonchev–Trinajstić information content (AvgIpc) is 2.79. The molecule has 0 fully saturated rings. The molecule has 3 heteroatoms. The summed E-state index contributed by atoms with van der Waals surface area (Å²) in [6.07, 6.45) is 0. The third kappa shape index (κ3) is 2.31. The topological polar surface area (TPSA) is 43.8 Å². The quantitative estimate of drug-likeness (QED) is 0.770. The van der Waals surface area contributed by atoms with Gasteiger partial charge in [-0.3, -0.25) is 4.68 Å². The van der Waals surface area contributed by atoms with Gasteiger partial charge in [0, 0.05) is 12.6 Å². The van der Waals surface area contributed by atoms with Gasteiger partial charge in [-0.15, -0.1) is 0 Å². The number of benzene rings is 2. The molecule has 0 aliphatic carbocycles. The van der Waals surface area contributed by atoms with Crippen molar-refractivity contribution < 1.29 is 0 Å². The van der Waals surface area contributed by atoms with Crippen LogP contribution in [0.4, 0.5) is 5.82 Å². The molecular weight excluding hydrogens is 258 g/mol. The normalized spacial score (nSPS) is 10.8. The van der Waals surface area contributed by atoms with Gasteiger partial charge in [-0.05, 0) is 30.5 Å². The summed E-state index contributed by atoms with van der Waals surface area (Å²) >= 11 is 0. The molecule has 0 saturated carbocycles. The highest BCUT2D eigenvalue weighted by Gasteiger charge is 2.17. The molecule has 2 N–H and O–H groups in total. The number of nitrogens with two attached hydrogens (primary N) is 1. The second-order valence-corrected chi connectivity index (χ2v) is 5.40. The van der Waals surface area contributed by atoms with Gasteiger partial charge in [0.2, 0.25) is 0 Å². The van der Waals surface area contributed by atoms with Gasteiger partial charge in [0.15, 0.2) is 0 Å². The maximum Gasteiger partial charge on any atom is 0.129 e. The van der Waals surface area contributed by atoms with E-state index >= 15 is 0 Å². The molecule has 0 unspecified atom stereocenters. The number of nitrogen functional groups attached to an aromatic ring is 1. The number of nitrogens with zero attached hydrogens (tertiary/aromatic N) is 2. The number of hydrogen-bond donors (Lipinski definition) is 1. The molecule has 0 saturated heterocycles. The van der Waals surface area contributed by atoms with Crippen molar-refractivity contribution in [2.75, 3.05) is 5.73 Å². The van der Waals surface area contributed by atoms with Gasteiger partial charge in [-0.2, -0.15) is 5.10 Å². The predicted molar refractivity (Wildman–Crippen MR) is 88.0 cm³/mol. The van der Waals surface area contributed by atoms with E-state index in [1.54, 1.807) is 4.68 Å². The summed E-state index contributed by atoms with van der Waals surface area (Å²) in [5.74, 6) is 0.692. The monoisotopic (exact) mass is 277 g/mol. The standard InChI is InChI=1S/C18H19N3/c1-12-9-10-15(11-13(12)2)16-17(20-21(3)18(16)19)14-7-5-4-6-8-14/h4-11H,19H2,1-3H3. The van der Waals surface area contributed by atoms with Crippen LogP contribution in [0.5, 0.6) is 0 Å². The van der Waals surface area contributed by atoms with Crippen molar-refractivity contribution in [2.45, 2.75) is 13.8 Å². The van der Waals surface area contributed by atoms with Crippen molar-refractivity contribution in [1.29, 1.82) is 0 Å². The van der Waals surface area contributed by atoms with Crippen molar-refractivity contribution in [3.63, 3.8) is 0 Å². The molecular formula is C18H19N3. The molecule has 0 spiro atoms. The van der Waals surface area contributed by atoms with E-state index in [1.165, 1.54) is 11.1 Å². The SMILES string of the molecule is Cc1ccc(-c2c(-c3ccccc3)nn(C)c2N)cc1C. The van der Waals surface area contributed by atoms with Gasteiger partial charge in [0.05, 0.1) is 5.56 Å². The maximum atomic E-state index is 6.26. The molecule has 21 heavy (non-hydrogen) atoms. The molecule has 0 radical (unpaired) electrons. The van der Waals surface area contributed by atoms with E-state index < -0.39 is 0 Å². The molecule has 0 amide bonds. The first-order valence-electron chi connectivity index (χ1n) is 7.03. The lowest BCUT2D eigenvalue weighted by atomic mass is 9.97. The minimum atomic E-state index is 0.692. The van der Waals surface area contributed by atoms with Crippen molar-refractivity contribution in [3.05, 3.63) is 59.7 Å². The van der Waals surface area contributed by atoms with Gasteiger partial charge >= 0.3 is 0 Å². The number of aromatic nitrogens is 2. The smallest absolute Gasteiger partial charge is 0.129 e. The predicted octanol–water partition coefficient (Wildman–Crippen LogP) is 3.95. The Morgan fingerprint density at radius 2 is 1.62 bits per heavy atom. The largest absolute Gasteiger partial charge is 0.383 e. The fourth-order valence-electron chi connectivity index (χ4n) is 2.52. The Bertz CT molecular complexity index is 786. The van der Waals surface area contributed by atoms with Gasteiger partial charge < -0.3 is 5.73 Å². The lowest BCUT2D eigenvalue weighted by molar-refractivity contribution is 0.782. The van der Waals surface area contributed by atoms with Gasteiger partial charge in [-0.25, -0.2) is 0 Å². The first-order valence-corrected chi connectivity index (χ1v) is 7.03. The molecule has 3 aromatic rings. The van der Waals surface area contributed by atoms with Crippen molar-refractivity contribution >= 4 is 5.82 Å². The first-order chi connectivity index (χ1) is 10.1. The summed E-state index contributed by atoms with van der Waals surface area (Å²) in [6.45, 7) is 4.23. The van der Waals surface area contributed by atoms with Crippen molar-refractivity contribution in [1.82, 2.24) is 9.78 Å². The highest BCUT2D eigenvalue weighted by atomic mass is 15.3. The van der Waals surface area contributed by atoms with Crippen LogP contribution in [0.1, 0.15) is 11.1 Å². The molecule has 106 valence electrons. The fourth-order valence-corrected chi connectivity index (χ4v) is 2.52. The molecule has 0 aliphatic rings. The summed E-state index contributed by atoms with van der Waals surface area (Å²) < 4.78 is 1.74. The van der Waals surface area contributed by atoms with Crippen LogP contribution in [0.2, 0.25) is 0 Å². The van der Waals surface area contributed by atoms with Crippen LogP contribution in [0.25, 0.3) is 22.4 Å². The number of aryl methyl sites for hydroxylation is 3. The zero-order valence-electron chi connectivity index (χ0n) is 12.6. The third-order valence-corrected chi connectivity index (χ3v) is 3.93. The van der Waals surface area contributed by atoms with Crippen molar-refractivity contribution in [3.8, 4) is 22.4 Å². The van der Waals surface area contributed by atoms with Crippen LogP contribution in [0.3, 0.4) is 0 Å². The molecule has 0 aliphatic heterocycles. The first kappa shape index (κ1) is 13.4. The van der Waals surface area contributed by atoms with E-state index in [0.29, 0.717) is 5.82 Å². The van der Waals surface area contributed by atoms with Gasteiger partial charge in [-0.1, -0.05) is 48.5 Å².